The van der Waals surface area contributed by atoms with Crippen LogP contribution in [0.1, 0.15) is 25.7 Å². The van der Waals surface area contributed by atoms with Crippen LogP contribution in [0.5, 0.6) is 0 Å². The Bertz CT molecular complexity index is 354. The number of fused-ring (bicyclic) bond motifs is 1. The van der Waals surface area contributed by atoms with Crippen LogP contribution in [0.4, 0.5) is 4.79 Å². The molecule has 0 aromatic rings. The summed E-state index contributed by atoms with van der Waals surface area (Å²) in [5, 5.41) is 9.22. The maximum atomic E-state index is 11.5. The molecule has 0 spiro atoms. The minimum absolute atomic E-state index is 0.0391. The summed E-state index contributed by atoms with van der Waals surface area (Å²) in [6, 6.07) is 0.515. The third-order valence-electron chi connectivity index (χ3n) is 3.71. The van der Waals surface area contributed by atoms with Crippen LogP contribution in [0.25, 0.3) is 0 Å². The zero-order valence-corrected chi connectivity index (χ0v) is 12.6. The van der Waals surface area contributed by atoms with Gasteiger partial charge in [-0.2, -0.15) is 11.8 Å². The van der Waals surface area contributed by atoms with E-state index in [2.05, 4.69) is 16.0 Å². The molecule has 6 nitrogen and oxygen atoms in total. The highest BCUT2D eigenvalue weighted by Gasteiger charge is 2.42. The van der Waals surface area contributed by atoms with E-state index in [9.17, 15) is 9.59 Å². The fraction of sp³-hybridized carbons (Fsp3) is 0.846. The molecule has 3 atom stereocenters. The molecule has 0 radical (unpaired) electrons. The summed E-state index contributed by atoms with van der Waals surface area (Å²) in [7, 11) is 1.62. The van der Waals surface area contributed by atoms with Gasteiger partial charge in [0.1, 0.15) is 0 Å². The number of hydrogen-bond acceptors (Lipinski definition) is 4. The third kappa shape index (κ3) is 4.28. The molecule has 3 N–H and O–H groups in total. The van der Waals surface area contributed by atoms with Crippen molar-refractivity contribution in [3.63, 3.8) is 0 Å². The van der Waals surface area contributed by atoms with Crippen molar-refractivity contribution in [1.82, 2.24) is 16.0 Å². The van der Waals surface area contributed by atoms with E-state index in [1.807, 2.05) is 11.8 Å². The summed E-state index contributed by atoms with van der Waals surface area (Å²) in [4.78, 5) is 22.8. The lowest BCUT2D eigenvalue weighted by molar-refractivity contribution is -0.121. The fourth-order valence-electron chi connectivity index (χ4n) is 2.65. The predicted molar refractivity (Wildman–Crippen MR) is 78.8 cm³/mol. The van der Waals surface area contributed by atoms with Crippen LogP contribution < -0.4 is 16.0 Å². The van der Waals surface area contributed by atoms with Crippen LogP contribution in [0.3, 0.4) is 0 Å². The van der Waals surface area contributed by atoms with Crippen molar-refractivity contribution >= 4 is 23.7 Å². The van der Waals surface area contributed by atoms with Crippen molar-refractivity contribution in [2.45, 2.75) is 43.0 Å². The Labute approximate surface area is 123 Å². The number of nitrogens with one attached hydrogen (secondary N) is 3. The molecule has 2 aliphatic rings. The lowest BCUT2D eigenvalue weighted by Gasteiger charge is -2.16. The SMILES string of the molecule is COCCNC(=O)CCCC[C@@H]1SC[C@@H]2NC(=O)N[C@@H]21. The highest BCUT2D eigenvalue weighted by molar-refractivity contribution is 8.00. The van der Waals surface area contributed by atoms with Crippen LogP contribution in [-0.2, 0) is 9.53 Å². The van der Waals surface area contributed by atoms with Crippen molar-refractivity contribution in [3.8, 4) is 0 Å². The second-order valence-corrected chi connectivity index (χ2v) is 6.48. The van der Waals surface area contributed by atoms with Gasteiger partial charge in [-0.25, -0.2) is 4.79 Å². The first kappa shape index (κ1) is 15.4. The molecule has 2 fully saturated rings. The summed E-state index contributed by atoms with van der Waals surface area (Å²) in [6.07, 6.45) is 3.54. The average molecular weight is 301 g/mol. The minimum atomic E-state index is -0.0391. The Balaban J connectivity index is 1.55. The second kappa shape index (κ2) is 7.73. The van der Waals surface area contributed by atoms with Crippen molar-refractivity contribution in [2.24, 2.45) is 0 Å². The van der Waals surface area contributed by atoms with Gasteiger partial charge in [-0.1, -0.05) is 6.42 Å². The Kier molecular flexibility index (Phi) is 5.97. The van der Waals surface area contributed by atoms with Gasteiger partial charge in [0.15, 0.2) is 0 Å². The molecule has 0 bridgehead atoms. The van der Waals surface area contributed by atoms with E-state index in [0.717, 1.165) is 25.0 Å². The Morgan fingerprint density at radius 3 is 3.10 bits per heavy atom. The topological polar surface area (TPSA) is 79.5 Å². The Morgan fingerprint density at radius 2 is 2.30 bits per heavy atom. The van der Waals surface area contributed by atoms with Crippen molar-refractivity contribution in [1.29, 1.82) is 0 Å². The largest absolute Gasteiger partial charge is 0.383 e. The number of carbonyl (C=O) groups is 2. The molecule has 0 aromatic heterocycles. The molecule has 0 unspecified atom stereocenters. The van der Waals surface area contributed by atoms with Crippen LogP contribution in [0.15, 0.2) is 0 Å². The first-order chi connectivity index (χ1) is 9.70. The lowest BCUT2D eigenvalue weighted by Crippen LogP contribution is -2.36. The summed E-state index contributed by atoms with van der Waals surface area (Å²) in [5.41, 5.74) is 0. The van der Waals surface area contributed by atoms with Gasteiger partial charge in [-0.15, -0.1) is 0 Å². The van der Waals surface area contributed by atoms with Gasteiger partial charge >= 0.3 is 6.03 Å². The number of ether oxygens (including phenoxy) is 1. The number of thioether (sulfide) groups is 1. The molecule has 7 heteroatoms. The number of rotatable bonds is 8. The van der Waals surface area contributed by atoms with E-state index < -0.39 is 0 Å². The number of hydrogen-bond donors (Lipinski definition) is 3. The molecule has 2 heterocycles. The van der Waals surface area contributed by atoms with E-state index in [-0.39, 0.29) is 24.0 Å². The zero-order valence-electron chi connectivity index (χ0n) is 11.8. The van der Waals surface area contributed by atoms with Crippen LogP contribution in [-0.4, -0.2) is 55.3 Å². The van der Waals surface area contributed by atoms with Crippen LogP contribution >= 0.6 is 11.8 Å². The molecular formula is C13H23N3O3S. The van der Waals surface area contributed by atoms with Crippen LogP contribution in [0, 0.1) is 0 Å². The number of carbonyl (C=O) groups excluding carboxylic acids is 2. The first-order valence-electron chi connectivity index (χ1n) is 7.15. The number of unbranched alkanes of at least 4 members (excludes halogenated alkanes) is 1. The summed E-state index contributed by atoms with van der Waals surface area (Å²) < 4.78 is 4.88. The molecule has 0 aromatic carbocycles. The van der Waals surface area contributed by atoms with E-state index in [1.54, 1.807) is 7.11 Å². The molecular weight excluding hydrogens is 278 g/mol. The molecule has 2 aliphatic heterocycles. The van der Waals surface area contributed by atoms with E-state index in [4.69, 9.17) is 4.74 Å². The van der Waals surface area contributed by atoms with E-state index in [1.165, 1.54) is 0 Å². The highest BCUT2D eigenvalue weighted by atomic mass is 32.2. The van der Waals surface area contributed by atoms with Crippen molar-refractivity contribution in [2.75, 3.05) is 26.0 Å². The van der Waals surface area contributed by atoms with Gasteiger partial charge in [0.05, 0.1) is 18.7 Å². The van der Waals surface area contributed by atoms with Gasteiger partial charge in [0.2, 0.25) is 5.91 Å². The van der Waals surface area contributed by atoms with Gasteiger partial charge < -0.3 is 20.7 Å². The van der Waals surface area contributed by atoms with Gasteiger partial charge in [0, 0.05) is 31.1 Å². The minimum Gasteiger partial charge on any atom is -0.383 e. The zero-order chi connectivity index (χ0) is 14.4. The summed E-state index contributed by atoms with van der Waals surface area (Å²) in [6.45, 7) is 1.13. The molecule has 2 rings (SSSR count). The average Bonchev–Trinajstić information content (AvgIpc) is 2.95. The smallest absolute Gasteiger partial charge is 0.315 e. The van der Waals surface area contributed by atoms with Gasteiger partial charge in [-0.3, -0.25) is 4.79 Å². The molecule has 0 saturated carbocycles. The summed E-state index contributed by atoms with van der Waals surface area (Å²) >= 11 is 1.92. The third-order valence-corrected chi connectivity index (χ3v) is 5.22. The monoisotopic (exact) mass is 301 g/mol. The van der Waals surface area contributed by atoms with E-state index in [0.29, 0.717) is 24.8 Å². The molecule has 20 heavy (non-hydrogen) atoms. The van der Waals surface area contributed by atoms with E-state index >= 15 is 0 Å². The Hall–Kier alpha value is -0.950. The standard InChI is InChI=1S/C13H23N3O3S/c1-19-7-6-14-11(17)5-3-2-4-10-12-9(8-20-10)15-13(18)16-12/h9-10,12H,2-8H2,1H3,(H,14,17)(H2,15,16,18)/t9-,10-,12-/m0/s1. The van der Waals surface area contributed by atoms with Gasteiger partial charge in [0.25, 0.3) is 0 Å². The summed E-state index contributed by atoms with van der Waals surface area (Å²) in [5.74, 6) is 1.08. The maximum absolute atomic E-state index is 11.5. The Morgan fingerprint density at radius 1 is 1.45 bits per heavy atom. The predicted octanol–water partition coefficient (Wildman–Crippen LogP) is 0.475. The van der Waals surface area contributed by atoms with Crippen molar-refractivity contribution in [3.05, 3.63) is 0 Å². The van der Waals surface area contributed by atoms with Crippen LogP contribution in [0.2, 0.25) is 0 Å². The normalized spacial score (nSPS) is 27.9. The lowest BCUT2D eigenvalue weighted by atomic mass is 10.0. The number of methoxy groups -OCH3 is 1. The molecule has 0 aliphatic carbocycles. The quantitative estimate of drug-likeness (QED) is 0.450. The fourth-order valence-corrected chi connectivity index (χ4v) is 4.20. The second-order valence-electron chi connectivity index (χ2n) is 5.21. The molecule has 114 valence electrons. The van der Waals surface area contributed by atoms with Gasteiger partial charge in [-0.05, 0) is 12.8 Å². The maximum Gasteiger partial charge on any atom is 0.315 e. The number of amides is 3. The van der Waals surface area contributed by atoms with Crippen molar-refractivity contribution < 1.29 is 14.3 Å². The first-order valence-corrected chi connectivity index (χ1v) is 8.20. The molecule has 2 saturated heterocycles. The number of urea groups is 1. The highest BCUT2D eigenvalue weighted by Crippen LogP contribution is 2.33. The molecule has 3 amide bonds.